The van der Waals surface area contributed by atoms with Gasteiger partial charge in [0.15, 0.2) is 5.16 Å². The maximum Gasteiger partial charge on any atom is 0.235 e. The fourth-order valence-corrected chi connectivity index (χ4v) is 4.80. The molecule has 2 fully saturated rings. The Hall–Kier alpha value is -1.82. The summed E-state index contributed by atoms with van der Waals surface area (Å²) in [6.45, 7) is 3.73. The Balaban J connectivity index is 1.28. The van der Waals surface area contributed by atoms with Gasteiger partial charge in [-0.05, 0) is 50.5 Å². The third kappa shape index (κ3) is 4.37. The van der Waals surface area contributed by atoms with Crippen LogP contribution in [0.25, 0.3) is 0 Å². The van der Waals surface area contributed by atoms with Gasteiger partial charge >= 0.3 is 0 Å². The number of aromatic nitrogens is 3. The monoisotopic (exact) mass is 384 g/mol. The van der Waals surface area contributed by atoms with Crippen LogP contribution in [0.1, 0.15) is 49.9 Å². The molecule has 0 unspecified atom stereocenters. The molecule has 2 aliphatic rings. The molecule has 4 rings (SSSR count). The molecule has 27 heavy (non-hydrogen) atoms. The normalized spacial score (nSPS) is 19.3. The minimum atomic E-state index is -0.120. The number of amides is 1. The van der Waals surface area contributed by atoms with Gasteiger partial charge in [0, 0.05) is 26.1 Å². The number of nitrogens with zero attached hydrogens (tertiary/aromatic N) is 4. The van der Waals surface area contributed by atoms with Gasteiger partial charge in [-0.25, -0.2) is 0 Å². The first-order valence-electron chi connectivity index (χ1n) is 10.0. The van der Waals surface area contributed by atoms with Gasteiger partial charge in [-0.3, -0.25) is 4.79 Å². The molecule has 144 valence electrons. The van der Waals surface area contributed by atoms with Crippen LogP contribution >= 0.6 is 11.8 Å². The van der Waals surface area contributed by atoms with Crippen molar-refractivity contribution in [3.05, 3.63) is 41.7 Å². The molecule has 0 bridgehead atoms. The number of likely N-dealkylation sites (tertiary alicyclic amines) is 1. The molecule has 0 radical (unpaired) electrons. The zero-order valence-electron chi connectivity index (χ0n) is 16.2. The van der Waals surface area contributed by atoms with Gasteiger partial charge in [0.2, 0.25) is 5.91 Å². The Labute approximate surface area is 165 Å². The maximum atomic E-state index is 12.9. The van der Waals surface area contributed by atoms with Crippen LogP contribution in [0.3, 0.4) is 0 Å². The first-order valence-corrected chi connectivity index (χ1v) is 10.9. The summed E-state index contributed by atoms with van der Waals surface area (Å²) >= 11 is 1.54. The summed E-state index contributed by atoms with van der Waals surface area (Å²) < 4.78 is 2.07. The molecule has 1 aromatic heterocycles. The van der Waals surface area contributed by atoms with Crippen molar-refractivity contribution in [1.29, 1.82) is 0 Å². The highest BCUT2D eigenvalue weighted by Gasteiger charge is 2.31. The van der Waals surface area contributed by atoms with Crippen molar-refractivity contribution >= 4 is 17.7 Å². The van der Waals surface area contributed by atoms with E-state index in [4.69, 9.17) is 0 Å². The van der Waals surface area contributed by atoms with Crippen LogP contribution in [0.4, 0.5) is 0 Å². The minimum absolute atomic E-state index is 0.120. The van der Waals surface area contributed by atoms with Gasteiger partial charge in [0.05, 0.1) is 5.25 Å². The molecule has 1 saturated carbocycles. The molecule has 1 saturated heterocycles. The summed E-state index contributed by atoms with van der Waals surface area (Å²) in [6.07, 6.45) is 5.73. The number of piperidine rings is 1. The quantitative estimate of drug-likeness (QED) is 0.713. The van der Waals surface area contributed by atoms with E-state index in [0.717, 1.165) is 43.3 Å². The lowest BCUT2D eigenvalue weighted by Gasteiger charge is -2.33. The molecule has 1 atom stereocenters. The predicted octanol–water partition coefficient (Wildman–Crippen LogP) is 3.65. The largest absolute Gasteiger partial charge is 0.342 e. The van der Waals surface area contributed by atoms with Crippen molar-refractivity contribution in [3.8, 4) is 0 Å². The first kappa shape index (κ1) is 18.5. The third-order valence-corrected chi connectivity index (χ3v) is 6.86. The molecule has 1 aromatic carbocycles. The lowest BCUT2D eigenvalue weighted by molar-refractivity contribution is -0.131. The summed E-state index contributed by atoms with van der Waals surface area (Å²) in [7, 11) is 2.02. The summed E-state index contributed by atoms with van der Waals surface area (Å²) in [4.78, 5) is 14.9. The molecule has 2 heterocycles. The SMILES string of the molecule is C[C@@H](Sc1nnc(C2CC2)n1C)C(=O)N1CCC(Cc2ccccc2)CC1. The second-order valence-corrected chi connectivity index (χ2v) is 9.20. The molecule has 2 aromatic rings. The molecule has 0 spiro atoms. The zero-order chi connectivity index (χ0) is 18.8. The Morgan fingerprint density at radius 3 is 2.52 bits per heavy atom. The topological polar surface area (TPSA) is 51.0 Å². The minimum Gasteiger partial charge on any atom is -0.342 e. The van der Waals surface area contributed by atoms with E-state index in [1.165, 1.54) is 30.2 Å². The zero-order valence-corrected chi connectivity index (χ0v) is 17.0. The van der Waals surface area contributed by atoms with Gasteiger partial charge in [0.25, 0.3) is 0 Å². The molecular formula is C21H28N4OS. The highest BCUT2D eigenvalue weighted by atomic mass is 32.2. The Bertz CT molecular complexity index is 779. The number of hydrogen-bond donors (Lipinski definition) is 0. The van der Waals surface area contributed by atoms with E-state index in [0.29, 0.717) is 11.8 Å². The second kappa shape index (κ2) is 8.05. The smallest absolute Gasteiger partial charge is 0.235 e. The Kier molecular flexibility index (Phi) is 5.53. The van der Waals surface area contributed by atoms with Gasteiger partial charge in [0.1, 0.15) is 5.82 Å². The van der Waals surface area contributed by atoms with Crippen molar-refractivity contribution < 1.29 is 4.79 Å². The van der Waals surface area contributed by atoms with Crippen LogP contribution in [0.5, 0.6) is 0 Å². The van der Waals surface area contributed by atoms with Crippen LogP contribution in [-0.4, -0.2) is 43.9 Å². The van der Waals surface area contributed by atoms with Gasteiger partial charge in [-0.15, -0.1) is 10.2 Å². The van der Waals surface area contributed by atoms with E-state index in [-0.39, 0.29) is 11.2 Å². The van der Waals surface area contributed by atoms with E-state index in [2.05, 4.69) is 45.1 Å². The molecule has 1 amide bonds. The fraction of sp³-hybridized carbons (Fsp3) is 0.571. The lowest BCUT2D eigenvalue weighted by Crippen LogP contribution is -2.42. The van der Waals surface area contributed by atoms with Gasteiger partial charge in [-0.1, -0.05) is 42.1 Å². The van der Waals surface area contributed by atoms with E-state index in [9.17, 15) is 4.79 Å². The molecule has 1 aliphatic carbocycles. The van der Waals surface area contributed by atoms with Crippen LogP contribution in [0.15, 0.2) is 35.5 Å². The fourth-order valence-electron chi connectivity index (χ4n) is 3.90. The number of carbonyl (C=O) groups is 1. The van der Waals surface area contributed by atoms with Crippen molar-refractivity contribution in [1.82, 2.24) is 19.7 Å². The highest BCUT2D eigenvalue weighted by molar-refractivity contribution is 8.00. The molecular weight excluding hydrogens is 356 g/mol. The van der Waals surface area contributed by atoms with E-state index in [1.807, 2.05) is 18.9 Å². The number of benzene rings is 1. The average Bonchev–Trinajstić information content (AvgIpc) is 3.47. The Morgan fingerprint density at radius 2 is 1.85 bits per heavy atom. The van der Waals surface area contributed by atoms with Gasteiger partial charge in [-0.2, -0.15) is 0 Å². The summed E-state index contributed by atoms with van der Waals surface area (Å²) in [6, 6.07) is 10.7. The van der Waals surface area contributed by atoms with Crippen LogP contribution < -0.4 is 0 Å². The Morgan fingerprint density at radius 1 is 1.15 bits per heavy atom. The number of thioether (sulfide) groups is 1. The molecule has 6 heteroatoms. The summed E-state index contributed by atoms with van der Waals surface area (Å²) in [5.41, 5.74) is 1.40. The standard InChI is InChI=1S/C21H28N4OS/c1-15(27-21-23-22-19(24(21)2)18-8-9-18)20(26)25-12-10-17(11-13-25)14-16-6-4-3-5-7-16/h3-7,15,17-18H,8-14H2,1-2H3/t15-/m1/s1. The average molecular weight is 385 g/mol. The van der Waals surface area contributed by atoms with Crippen molar-refractivity contribution in [2.75, 3.05) is 13.1 Å². The van der Waals surface area contributed by atoms with Crippen molar-refractivity contribution in [2.45, 2.75) is 55.4 Å². The lowest BCUT2D eigenvalue weighted by atomic mass is 9.90. The van der Waals surface area contributed by atoms with Crippen molar-refractivity contribution in [3.63, 3.8) is 0 Å². The first-order chi connectivity index (χ1) is 13.1. The number of rotatable bonds is 6. The molecule has 0 N–H and O–H groups in total. The maximum absolute atomic E-state index is 12.9. The van der Waals surface area contributed by atoms with Crippen LogP contribution in [0, 0.1) is 5.92 Å². The molecule has 1 aliphatic heterocycles. The predicted molar refractivity (Wildman–Crippen MR) is 108 cm³/mol. The van der Waals surface area contributed by atoms with Crippen LogP contribution in [-0.2, 0) is 18.3 Å². The van der Waals surface area contributed by atoms with Gasteiger partial charge < -0.3 is 9.47 Å². The van der Waals surface area contributed by atoms with Crippen molar-refractivity contribution in [2.24, 2.45) is 13.0 Å². The second-order valence-electron chi connectivity index (χ2n) is 7.89. The number of carbonyl (C=O) groups excluding carboxylic acids is 1. The summed E-state index contributed by atoms with van der Waals surface area (Å²) in [5.74, 6) is 2.55. The van der Waals surface area contributed by atoms with Crippen LogP contribution in [0.2, 0.25) is 0 Å². The third-order valence-electron chi connectivity index (χ3n) is 5.73. The van der Waals surface area contributed by atoms with E-state index >= 15 is 0 Å². The highest BCUT2D eigenvalue weighted by Crippen LogP contribution is 2.40. The molecule has 5 nitrogen and oxygen atoms in total. The van der Waals surface area contributed by atoms with E-state index in [1.54, 1.807) is 0 Å². The summed E-state index contributed by atoms with van der Waals surface area (Å²) in [5, 5.41) is 9.37. The number of hydrogen-bond acceptors (Lipinski definition) is 4. The van der Waals surface area contributed by atoms with E-state index < -0.39 is 0 Å².